The average molecular weight is 465 g/mol. The van der Waals surface area contributed by atoms with Crippen LogP contribution in [0.4, 0.5) is 5.13 Å². The summed E-state index contributed by atoms with van der Waals surface area (Å²) in [5.74, 6) is -1.68. The molecule has 0 spiro atoms. The summed E-state index contributed by atoms with van der Waals surface area (Å²) in [7, 11) is 0. The Hall–Kier alpha value is -3.07. The van der Waals surface area contributed by atoms with E-state index in [1.165, 1.54) is 22.5 Å². The molecule has 1 N–H and O–H groups in total. The number of rotatable bonds is 7. The first-order valence-electron chi connectivity index (χ1n) is 11.1. The number of hydrogen-bond acceptors (Lipinski definition) is 7. The molecule has 7 nitrogen and oxygen atoms in total. The van der Waals surface area contributed by atoms with Crippen LogP contribution in [0, 0.1) is 0 Å². The topological polar surface area (TPSA) is 74.8 Å². The van der Waals surface area contributed by atoms with Gasteiger partial charge in [-0.15, -0.1) is 11.3 Å². The molecule has 0 atom stereocenters. The number of thiazole rings is 1. The lowest BCUT2D eigenvalue weighted by atomic mass is 9.96. The molecule has 1 fully saturated rings. The summed E-state index contributed by atoms with van der Waals surface area (Å²) in [4.78, 5) is 32.7. The van der Waals surface area contributed by atoms with E-state index in [1.807, 2.05) is 5.38 Å². The number of ether oxygens (including phenoxy) is 1. The summed E-state index contributed by atoms with van der Waals surface area (Å²) in [6.45, 7) is 6.29. The number of esters is 1. The highest BCUT2D eigenvalue weighted by atomic mass is 32.1. The third-order valence-electron chi connectivity index (χ3n) is 5.62. The SMILES string of the molecule is CCOC(=O)C(=O)Nc1nc(CN2CCN(C(c3ccccc3)c3ccccc3)CC2)cs1. The first kappa shape index (κ1) is 23.1. The molecule has 0 saturated carbocycles. The lowest BCUT2D eigenvalue weighted by Crippen LogP contribution is -2.47. The molecular weight excluding hydrogens is 436 g/mol. The van der Waals surface area contributed by atoms with E-state index in [2.05, 4.69) is 80.8 Å². The highest BCUT2D eigenvalue weighted by Gasteiger charge is 2.26. The van der Waals surface area contributed by atoms with Crippen molar-refractivity contribution in [2.45, 2.75) is 19.5 Å². The number of carbonyl (C=O) groups excluding carboxylic acids is 2. The van der Waals surface area contributed by atoms with Gasteiger partial charge in [0, 0.05) is 38.1 Å². The van der Waals surface area contributed by atoms with Crippen LogP contribution >= 0.6 is 11.3 Å². The van der Waals surface area contributed by atoms with Crippen LogP contribution in [0.5, 0.6) is 0 Å². The minimum atomic E-state index is -0.892. The van der Waals surface area contributed by atoms with E-state index in [-0.39, 0.29) is 12.6 Å². The predicted molar refractivity (Wildman–Crippen MR) is 129 cm³/mol. The van der Waals surface area contributed by atoms with Gasteiger partial charge in [0.15, 0.2) is 5.13 Å². The number of nitrogens with zero attached hydrogens (tertiary/aromatic N) is 3. The number of piperazine rings is 1. The van der Waals surface area contributed by atoms with Crippen LogP contribution in [0.15, 0.2) is 66.0 Å². The number of aromatic nitrogens is 1. The number of amides is 1. The van der Waals surface area contributed by atoms with Crippen LogP contribution in [0.3, 0.4) is 0 Å². The molecule has 3 aromatic rings. The average Bonchev–Trinajstić information content (AvgIpc) is 3.28. The van der Waals surface area contributed by atoms with Gasteiger partial charge in [-0.1, -0.05) is 60.7 Å². The van der Waals surface area contributed by atoms with Crippen molar-refractivity contribution in [3.63, 3.8) is 0 Å². The molecule has 1 saturated heterocycles. The largest absolute Gasteiger partial charge is 0.459 e. The Morgan fingerprint density at radius 2 is 1.61 bits per heavy atom. The van der Waals surface area contributed by atoms with Crippen LogP contribution in [0.1, 0.15) is 29.8 Å². The minimum absolute atomic E-state index is 0.163. The van der Waals surface area contributed by atoms with Crippen LogP contribution < -0.4 is 5.32 Å². The van der Waals surface area contributed by atoms with Crippen LogP contribution in [0.25, 0.3) is 0 Å². The number of hydrogen-bond donors (Lipinski definition) is 1. The van der Waals surface area contributed by atoms with Gasteiger partial charge in [-0.2, -0.15) is 0 Å². The maximum absolute atomic E-state index is 11.8. The van der Waals surface area contributed by atoms with Gasteiger partial charge in [0.1, 0.15) is 0 Å². The molecule has 0 radical (unpaired) electrons. The van der Waals surface area contributed by atoms with E-state index in [4.69, 9.17) is 4.74 Å². The van der Waals surface area contributed by atoms with E-state index in [9.17, 15) is 9.59 Å². The quantitative estimate of drug-likeness (QED) is 0.426. The standard InChI is InChI=1S/C25H28N4O3S/c1-2-32-24(31)23(30)27-25-26-21(18-33-25)17-28-13-15-29(16-14-28)22(19-9-5-3-6-10-19)20-11-7-4-8-12-20/h3-12,18,22H,2,13-17H2,1H3,(H,26,27,30). The normalized spacial score (nSPS) is 14.8. The van der Waals surface area contributed by atoms with Crippen LogP contribution in [-0.4, -0.2) is 59.4 Å². The monoisotopic (exact) mass is 464 g/mol. The second kappa shape index (κ2) is 11.2. The zero-order valence-corrected chi connectivity index (χ0v) is 19.5. The molecule has 0 aliphatic carbocycles. The van der Waals surface area contributed by atoms with Crippen molar-refractivity contribution >= 4 is 28.3 Å². The molecule has 0 unspecified atom stereocenters. The van der Waals surface area contributed by atoms with Gasteiger partial charge < -0.3 is 4.74 Å². The molecule has 2 aromatic carbocycles. The molecule has 172 valence electrons. The summed E-state index contributed by atoms with van der Waals surface area (Å²) in [5.41, 5.74) is 3.49. The van der Waals surface area contributed by atoms with Crippen molar-refractivity contribution in [1.29, 1.82) is 0 Å². The van der Waals surface area contributed by atoms with Gasteiger partial charge in [-0.3, -0.25) is 19.9 Å². The lowest BCUT2D eigenvalue weighted by Gasteiger charge is -2.39. The zero-order valence-electron chi connectivity index (χ0n) is 18.6. The molecule has 33 heavy (non-hydrogen) atoms. The molecule has 0 bridgehead atoms. The molecule has 2 heterocycles. The summed E-state index contributed by atoms with van der Waals surface area (Å²) in [6, 6.07) is 21.5. The van der Waals surface area contributed by atoms with Crippen molar-refractivity contribution in [3.8, 4) is 0 Å². The van der Waals surface area contributed by atoms with Crippen molar-refractivity contribution < 1.29 is 14.3 Å². The van der Waals surface area contributed by atoms with Gasteiger partial charge in [0.25, 0.3) is 0 Å². The fraction of sp³-hybridized carbons (Fsp3) is 0.320. The van der Waals surface area contributed by atoms with Gasteiger partial charge in [-0.25, -0.2) is 9.78 Å². The van der Waals surface area contributed by atoms with E-state index >= 15 is 0 Å². The van der Waals surface area contributed by atoms with Crippen molar-refractivity contribution in [1.82, 2.24) is 14.8 Å². The predicted octanol–water partition coefficient (Wildman–Crippen LogP) is 3.55. The fourth-order valence-electron chi connectivity index (χ4n) is 4.08. The first-order chi connectivity index (χ1) is 16.1. The maximum atomic E-state index is 11.8. The summed E-state index contributed by atoms with van der Waals surface area (Å²) in [6.07, 6.45) is 0. The summed E-state index contributed by atoms with van der Waals surface area (Å²) >= 11 is 1.31. The number of nitrogens with one attached hydrogen (secondary N) is 1. The third kappa shape index (κ3) is 6.04. The van der Waals surface area contributed by atoms with Crippen molar-refractivity contribution in [2.75, 3.05) is 38.1 Å². The van der Waals surface area contributed by atoms with Gasteiger partial charge >= 0.3 is 11.9 Å². The van der Waals surface area contributed by atoms with Crippen LogP contribution in [0.2, 0.25) is 0 Å². The van der Waals surface area contributed by atoms with E-state index in [0.29, 0.717) is 11.7 Å². The second-order valence-corrected chi connectivity index (χ2v) is 8.71. The maximum Gasteiger partial charge on any atom is 0.397 e. The fourth-order valence-corrected chi connectivity index (χ4v) is 4.77. The van der Waals surface area contributed by atoms with Gasteiger partial charge in [-0.05, 0) is 18.1 Å². The van der Waals surface area contributed by atoms with E-state index in [0.717, 1.165) is 31.9 Å². The van der Waals surface area contributed by atoms with Crippen molar-refractivity contribution in [2.24, 2.45) is 0 Å². The number of carbonyl (C=O) groups is 2. The molecule has 4 rings (SSSR count). The molecular formula is C25H28N4O3S. The third-order valence-corrected chi connectivity index (χ3v) is 6.43. The van der Waals surface area contributed by atoms with E-state index < -0.39 is 11.9 Å². The molecule has 1 aliphatic heterocycles. The Bertz CT molecular complexity index is 1010. The minimum Gasteiger partial charge on any atom is -0.459 e. The first-order valence-corrected chi connectivity index (χ1v) is 12.0. The highest BCUT2D eigenvalue weighted by molar-refractivity contribution is 7.14. The number of anilines is 1. The summed E-state index contributed by atoms with van der Waals surface area (Å²) in [5, 5.41) is 4.84. The Kier molecular flexibility index (Phi) is 7.83. The molecule has 8 heteroatoms. The van der Waals surface area contributed by atoms with Crippen LogP contribution in [-0.2, 0) is 20.9 Å². The molecule has 1 aromatic heterocycles. The molecule has 1 aliphatic rings. The Labute approximate surface area is 198 Å². The Morgan fingerprint density at radius 1 is 1.00 bits per heavy atom. The second-order valence-electron chi connectivity index (χ2n) is 7.85. The smallest absolute Gasteiger partial charge is 0.397 e. The zero-order chi connectivity index (χ0) is 23.0. The van der Waals surface area contributed by atoms with Gasteiger partial charge in [0.05, 0.1) is 18.3 Å². The molecule has 1 amide bonds. The lowest BCUT2D eigenvalue weighted by molar-refractivity contribution is -0.152. The van der Waals surface area contributed by atoms with E-state index in [1.54, 1.807) is 6.92 Å². The number of benzene rings is 2. The van der Waals surface area contributed by atoms with Crippen molar-refractivity contribution in [3.05, 3.63) is 82.9 Å². The Balaban J connectivity index is 1.35. The highest BCUT2D eigenvalue weighted by Crippen LogP contribution is 2.29. The van der Waals surface area contributed by atoms with Gasteiger partial charge in [0.2, 0.25) is 0 Å². The summed E-state index contributed by atoms with van der Waals surface area (Å²) < 4.78 is 4.71. The Morgan fingerprint density at radius 3 is 2.18 bits per heavy atom.